The lowest BCUT2D eigenvalue weighted by molar-refractivity contribution is 1.01. The van der Waals surface area contributed by atoms with Gasteiger partial charge in [-0.05, 0) is 24.3 Å². The highest BCUT2D eigenvalue weighted by Gasteiger charge is 2.23. The minimum atomic E-state index is 0.599. The number of hydrogen-bond acceptors (Lipinski definition) is 6. The number of fused-ring (bicyclic) bond motifs is 2. The molecule has 8 nitrogen and oxygen atoms in total. The molecule has 0 spiro atoms. The summed E-state index contributed by atoms with van der Waals surface area (Å²) in [4.78, 5) is 26.8. The Morgan fingerprint density at radius 1 is 0.533 bits per heavy atom. The first kappa shape index (κ1) is 16.5. The van der Waals surface area contributed by atoms with Crippen molar-refractivity contribution >= 4 is 22.3 Å². The van der Waals surface area contributed by atoms with Crippen LogP contribution in [0.1, 0.15) is 0 Å². The number of rotatable bonds is 3. The third-order valence-electron chi connectivity index (χ3n) is 4.90. The van der Waals surface area contributed by atoms with Crippen molar-refractivity contribution in [2.75, 3.05) is 0 Å². The molecule has 0 aliphatic heterocycles. The van der Waals surface area contributed by atoms with E-state index in [1.807, 2.05) is 69.8 Å². The lowest BCUT2D eigenvalue weighted by Gasteiger charge is -2.11. The second-order valence-electron chi connectivity index (χ2n) is 6.68. The van der Waals surface area contributed by atoms with Crippen LogP contribution >= 0.6 is 0 Å². The number of benzene rings is 2. The first-order valence-corrected chi connectivity index (χ1v) is 9.38. The maximum atomic E-state index is 4.82. The Labute approximate surface area is 170 Å². The van der Waals surface area contributed by atoms with Gasteiger partial charge in [-0.1, -0.05) is 36.4 Å². The molecule has 0 atom stereocenters. The van der Waals surface area contributed by atoms with Gasteiger partial charge in [-0.25, -0.2) is 29.9 Å². The molecule has 2 aromatic carbocycles. The summed E-state index contributed by atoms with van der Waals surface area (Å²) in [5, 5.41) is 0. The van der Waals surface area contributed by atoms with Crippen molar-refractivity contribution in [1.82, 2.24) is 39.0 Å². The molecule has 0 aliphatic carbocycles. The van der Waals surface area contributed by atoms with E-state index >= 15 is 0 Å². The van der Waals surface area contributed by atoms with E-state index in [1.165, 1.54) is 12.7 Å². The van der Waals surface area contributed by atoms with Gasteiger partial charge in [0.2, 0.25) is 0 Å². The van der Waals surface area contributed by atoms with Gasteiger partial charge in [0, 0.05) is 11.4 Å². The minimum absolute atomic E-state index is 0.599. The molecule has 0 saturated heterocycles. The molecule has 6 aromatic rings. The average Bonchev–Trinajstić information content (AvgIpc) is 3.39. The largest absolute Gasteiger partial charge is 0.287 e. The molecular weight excluding hydrogens is 376 g/mol. The molecule has 0 amide bonds. The van der Waals surface area contributed by atoms with E-state index in [9.17, 15) is 0 Å². The van der Waals surface area contributed by atoms with E-state index in [0.29, 0.717) is 22.9 Å². The summed E-state index contributed by atoms with van der Waals surface area (Å²) >= 11 is 0. The molecule has 6 rings (SSSR count). The summed E-state index contributed by atoms with van der Waals surface area (Å²) in [7, 11) is 0. The zero-order valence-corrected chi connectivity index (χ0v) is 15.7. The van der Waals surface area contributed by atoms with Gasteiger partial charge in [0.1, 0.15) is 23.7 Å². The summed E-state index contributed by atoms with van der Waals surface area (Å²) < 4.78 is 4.03. The molecule has 4 aromatic heterocycles. The van der Waals surface area contributed by atoms with Crippen molar-refractivity contribution in [2.45, 2.75) is 0 Å². The Hall–Kier alpha value is -4.46. The number of imidazole rings is 2. The highest BCUT2D eigenvalue weighted by Crippen LogP contribution is 2.31. The van der Waals surface area contributed by atoms with Crippen LogP contribution in [-0.4, -0.2) is 39.0 Å². The molecule has 4 heterocycles. The first-order chi connectivity index (χ1) is 14.9. The molecule has 0 unspecified atom stereocenters. The smallest absolute Gasteiger partial charge is 0.184 e. The molecular formula is C22H14N8. The predicted molar refractivity (Wildman–Crippen MR) is 112 cm³/mol. The maximum Gasteiger partial charge on any atom is 0.184 e. The van der Waals surface area contributed by atoms with Gasteiger partial charge in [0.05, 0.1) is 12.4 Å². The van der Waals surface area contributed by atoms with Crippen LogP contribution in [0.5, 0.6) is 0 Å². The molecule has 142 valence electrons. The van der Waals surface area contributed by atoms with Crippen LogP contribution in [0, 0.1) is 0 Å². The molecule has 30 heavy (non-hydrogen) atoms. The van der Waals surface area contributed by atoms with Gasteiger partial charge < -0.3 is 0 Å². The molecule has 0 N–H and O–H groups in total. The molecule has 0 radical (unpaired) electrons. The van der Waals surface area contributed by atoms with E-state index in [0.717, 1.165) is 22.4 Å². The Bertz CT molecular complexity index is 1370. The predicted octanol–water partition coefficient (Wildman–Crippen LogP) is 3.61. The van der Waals surface area contributed by atoms with Crippen LogP contribution in [0.4, 0.5) is 0 Å². The van der Waals surface area contributed by atoms with Gasteiger partial charge in [0.15, 0.2) is 22.9 Å². The zero-order valence-electron chi connectivity index (χ0n) is 15.7. The minimum Gasteiger partial charge on any atom is -0.287 e. The van der Waals surface area contributed by atoms with Gasteiger partial charge in [-0.3, -0.25) is 9.13 Å². The molecule has 0 aliphatic rings. The fourth-order valence-corrected chi connectivity index (χ4v) is 3.63. The van der Waals surface area contributed by atoms with E-state index in [-0.39, 0.29) is 0 Å². The van der Waals surface area contributed by atoms with Crippen molar-refractivity contribution in [2.24, 2.45) is 0 Å². The maximum absolute atomic E-state index is 4.82. The highest BCUT2D eigenvalue weighted by molar-refractivity contribution is 5.83. The van der Waals surface area contributed by atoms with Gasteiger partial charge in [0.25, 0.3) is 0 Å². The molecule has 0 bridgehead atoms. The van der Waals surface area contributed by atoms with E-state index in [1.54, 1.807) is 12.4 Å². The lowest BCUT2D eigenvalue weighted by Crippen LogP contribution is -2.04. The zero-order chi connectivity index (χ0) is 19.9. The topological polar surface area (TPSA) is 87.2 Å². The second-order valence-corrected chi connectivity index (χ2v) is 6.68. The molecule has 8 heteroatoms. The van der Waals surface area contributed by atoms with Crippen LogP contribution in [0.15, 0.2) is 85.7 Å². The highest BCUT2D eigenvalue weighted by atomic mass is 15.2. The van der Waals surface area contributed by atoms with Crippen molar-refractivity contribution in [3.63, 3.8) is 0 Å². The lowest BCUT2D eigenvalue weighted by atomic mass is 10.3. The quantitative estimate of drug-likeness (QED) is 0.459. The summed E-state index contributed by atoms with van der Waals surface area (Å²) in [5.41, 5.74) is 4.70. The van der Waals surface area contributed by atoms with Crippen LogP contribution in [0.3, 0.4) is 0 Å². The fraction of sp³-hybridized carbons (Fsp3) is 0. The Morgan fingerprint density at radius 2 is 0.967 bits per heavy atom. The second kappa shape index (κ2) is 6.56. The average molecular weight is 390 g/mol. The van der Waals surface area contributed by atoms with E-state index < -0.39 is 0 Å². The van der Waals surface area contributed by atoms with E-state index in [2.05, 4.69) is 19.9 Å². The Kier molecular flexibility index (Phi) is 3.60. The summed E-state index contributed by atoms with van der Waals surface area (Å²) in [6.07, 6.45) is 6.53. The normalized spacial score (nSPS) is 11.3. The summed E-state index contributed by atoms with van der Waals surface area (Å²) in [6.45, 7) is 0. The van der Waals surface area contributed by atoms with Crippen LogP contribution < -0.4 is 0 Å². The summed E-state index contributed by atoms with van der Waals surface area (Å²) in [6, 6.07) is 20.0. The molecule has 0 fully saturated rings. The van der Waals surface area contributed by atoms with E-state index in [4.69, 9.17) is 9.97 Å². The fourth-order valence-electron chi connectivity index (χ4n) is 3.63. The number of hydrogen-bond donors (Lipinski definition) is 0. The van der Waals surface area contributed by atoms with Gasteiger partial charge >= 0.3 is 0 Å². The van der Waals surface area contributed by atoms with Gasteiger partial charge in [-0.15, -0.1) is 0 Å². The Balaban J connectivity index is 1.74. The summed E-state index contributed by atoms with van der Waals surface area (Å²) in [5.74, 6) is 1.30. The third-order valence-corrected chi connectivity index (χ3v) is 4.90. The number of nitrogens with zero attached hydrogens (tertiary/aromatic N) is 8. The Morgan fingerprint density at radius 3 is 1.40 bits per heavy atom. The first-order valence-electron chi connectivity index (χ1n) is 9.38. The number of para-hydroxylation sites is 2. The van der Waals surface area contributed by atoms with Crippen molar-refractivity contribution < 1.29 is 0 Å². The van der Waals surface area contributed by atoms with Crippen LogP contribution in [-0.2, 0) is 0 Å². The monoisotopic (exact) mass is 390 g/mol. The van der Waals surface area contributed by atoms with Crippen LogP contribution in [0.2, 0.25) is 0 Å². The third kappa shape index (κ3) is 2.47. The number of aromatic nitrogens is 8. The van der Waals surface area contributed by atoms with Gasteiger partial charge in [-0.2, -0.15) is 0 Å². The molecule has 0 saturated carbocycles. The van der Waals surface area contributed by atoms with Crippen molar-refractivity contribution in [3.8, 4) is 23.0 Å². The van der Waals surface area contributed by atoms with Crippen molar-refractivity contribution in [1.29, 1.82) is 0 Å². The van der Waals surface area contributed by atoms with Crippen molar-refractivity contribution in [3.05, 3.63) is 85.7 Å². The standard InChI is InChI=1S/C22H14N8/c1-3-7-15(8-4-1)29-17-11-23-13-25-19(17)27-21(29)22-28-20-18(12-24-14-26-20)30(22)16-9-5-2-6-10-16/h1-14H. The van der Waals surface area contributed by atoms with Crippen LogP contribution in [0.25, 0.3) is 45.4 Å². The SMILES string of the molecule is c1ccc(-n2c(-c3nc4ncncc4n3-c3ccccc3)nc3ncncc32)cc1.